The van der Waals surface area contributed by atoms with Crippen LogP contribution in [0.2, 0.25) is 0 Å². The highest BCUT2D eigenvalue weighted by atomic mass is 32.2. The Bertz CT molecular complexity index is 515. The first-order valence-electron chi connectivity index (χ1n) is 6.25. The minimum atomic E-state index is -3.52. The Morgan fingerprint density at radius 3 is 2.58 bits per heavy atom. The first kappa shape index (κ1) is 16.1. The number of nitrogens with two attached hydrogens (primary N) is 1. The number of ether oxygens (including phenoxy) is 1. The summed E-state index contributed by atoms with van der Waals surface area (Å²) in [6.07, 6.45) is 0.674. The van der Waals surface area contributed by atoms with Crippen LogP contribution in [-0.4, -0.2) is 28.2 Å². The van der Waals surface area contributed by atoms with Gasteiger partial charge in [-0.05, 0) is 30.5 Å². The van der Waals surface area contributed by atoms with Crippen LogP contribution in [0.25, 0.3) is 0 Å². The van der Waals surface area contributed by atoms with Crippen LogP contribution in [0, 0.1) is 6.92 Å². The molecule has 0 fully saturated rings. The Hall–Kier alpha value is -0.950. The number of hydrogen-bond acceptors (Lipinski definition) is 4. The molecule has 1 unspecified atom stereocenters. The molecule has 1 atom stereocenters. The van der Waals surface area contributed by atoms with Gasteiger partial charge in [-0.2, -0.15) is 0 Å². The van der Waals surface area contributed by atoms with Gasteiger partial charge in [0.05, 0.1) is 11.5 Å². The van der Waals surface area contributed by atoms with Crippen LogP contribution in [0.4, 0.5) is 0 Å². The normalized spacial score (nSPS) is 13.5. The van der Waals surface area contributed by atoms with E-state index in [0.717, 1.165) is 5.56 Å². The van der Waals surface area contributed by atoms with Crippen LogP contribution in [-0.2, 0) is 21.3 Å². The summed E-state index contributed by atoms with van der Waals surface area (Å²) in [5.41, 5.74) is 7.15. The van der Waals surface area contributed by atoms with Gasteiger partial charge in [0, 0.05) is 19.7 Å². The third kappa shape index (κ3) is 4.28. The van der Waals surface area contributed by atoms with Crippen molar-refractivity contribution in [3.05, 3.63) is 29.3 Å². The van der Waals surface area contributed by atoms with Gasteiger partial charge in [0.15, 0.2) is 0 Å². The number of rotatable bonds is 7. The smallest absolute Gasteiger partial charge is 0.241 e. The number of hydrogen-bond donors (Lipinski definition) is 2. The first-order chi connectivity index (χ1) is 8.94. The molecule has 0 aliphatic heterocycles. The van der Waals surface area contributed by atoms with Gasteiger partial charge in [-0.1, -0.05) is 19.1 Å². The third-order valence-electron chi connectivity index (χ3n) is 2.95. The fourth-order valence-corrected chi connectivity index (χ4v) is 3.39. The van der Waals surface area contributed by atoms with E-state index in [1.807, 2.05) is 6.92 Å². The second kappa shape index (κ2) is 7.00. The van der Waals surface area contributed by atoms with Gasteiger partial charge < -0.3 is 10.5 Å². The summed E-state index contributed by atoms with van der Waals surface area (Å²) in [5, 5.41) is 0. The van der Waals surface area contributed by atoms with Gasteiger partial charge >= 0.3 is 0 Å². The predicted molar refractivity (Wildman–Crippen MR) is 75.3 cm³/mol. The molecular weight excluding hydrogens is 264 g/mol. The predicted octanol–water partition coefficient (Wildman–Crippen LogP) is 1.16. The molecule has 0 heterocycles. The molecule has 1 aromatic rings. The van der Waals surface area contributed by atoms with E-state index in [4.69, 9.17) is 10.5 Å². The van der Waals surface area contributed by atoms with Gasteiger partial charge in [-0.15, -0.1) is 0 Å². The van der Waals surface area contributed by atoms with Crippen LogP contribution in [0.3, 0.4) is 0 Å². The topological polar surface area (TPSA) is 81.4 Å². The fourth-order valence-electron chi connectivity index (χ4n) is 1.86. The van der Waals surface area contributed by atoms with Crippen molar-refractivity contribution in [1.82, 2.24) is 4.72 Å². The molecule has 0 saturated heterocycles. The van der Waals surface area contributed by atoms with Gasteiger partial charge in [0.2, 0.25) is 10.0 Å². The highest BCUT2D eigenvalue weighted by Crippen LogP contribution is 2.17. The molecule has 0 amide bonds. The maximum absolute atomic E-state index is 12.3. The quantitative estimate of drug-likeness (QED) is 0.788. The lowest BCUT2D eigenvalue weighted by molar-refractivity contribution is 0.173. The maximum atomic E-state index is 12.3. The molecule has 3 N–H and O–H groups in total. The van der Waals surface area contributed by atoms with Crippen molar-refractivity contribution >= 4 is 10.0 Å². The highest BCUT2D eigenvalue weighted by Gasteiger charge is 2.20. The van der Waals surface area contributed by atoms with Crippen molar-refractivity contribution in [2.75, 3.05) is 13.7 Å². The van der Waals surface area contributed by atoms with E-state index in [0.29, 0.717) is 30.0 Å². The molecule has 0 aliphatic carbocycles. The molecule has 1 rings (SSSR count). The number of benzene rings is 1. The summed E-state index contributed by atoms with van der Waals surface area (Å²) in [5.74, 6) is 0. The second-order valence-electron chi connectivity index (χ2n) is 4.49. The lowest BCUT2D eigenvalue weighted by atomic mass is 10.1. The average molecular weight is 286 g/mol. The summed E-state index contributed by atoms with van der Waals surface area (Å²) in [6.45, 7) is 4.44. The van der Waals surface area contributed by atoms with Crippen LogP contribution < -0.4 is 10.5 Å². The largest absolute Gasteiger partial charge is 0.383 e. The number of nitrogens with one attached hydrogen (secondary N) is 1. The summed E-state index contributed by atoms with van der Waals surface area (Å²) in [4.78, 5) is 0.291. The lowest BCUT2D eigenvalue weighted by Gasteiger charge is -2.17. The number of sulfonamides is 1. The molecule has 0 bridgehead atoms. The fraction of sp³-hybridized carbons (Fsp3) is 0.538. The molecule has 1 aromatic carbocycles. The SMILES string of the molecule is CCC(COC)NS(=O)(=O)c1ccc(CN)cc1C. The molecule has 0 saturated carbocycles. The van der Waals surface area contributed by atoms with E-state index >= 15 is 0 Å². The third-order valence-corrected chi connectivity index (χ3v) is 4.63. The van der Waals surface area contributed by atoms with Crippen LogP contribution in [0.5, 0.6) is 0 Å². The standard InChI is InChI=1S/C13H22N2O3S/c1-4-12(9-18-3)15-19(16,17)13-6-5-11(8-14)7-10(13)2/h5-7,12,15H,4,8-9,14H2,1-3H3. The minimum absolute atomic E-state index is 0.219. The Balaban J connectivity index is 3.00. The molecule has 0 radical (unpaired) electrons. The van der Waals surface area contributed by atoms with E-state index in [1.54, 1.807) is 32.2 Å². The number of aryl methyl sites for hydroxylation is 1. The van der Waals surface area contributed by atoms with Gasteiger partial charge in [-0.3, -0.25) is 0 Å². The molecule has 5 nitrogen and oxygen atoms in total. The summed E-state index contributed by atoms with van der Waals surface area (Å²) in [7, 11) is -1.97. The van der Waals surface area contributed by atoms with Crippen molar-refractivity contribution in [1.29, 1.82) is 0 Å². The molecule has 0 aromatic heterocycles. The Kier molecular flexibility index (Phi) is 5.93. The van der Waals surface area contributed by atoms with Gasteiger partial charge in [-0.25, -0.2) is 13.1 Å². The first-order valence-corrected chi connectivity index (χ1v) is 7.73. The van der Waals surface area contributed by atoms with Crippen LogP contribution in [0.1, 0.15) is 24.5 Å². The highest BCUT2D eigenvalue weighted by molar-refractivity contribution is 7.89. The molecule has 6 heteroatoms. The maximum Gasteiger partial charge on any atom is 0.241 e. The van der Waals surface area contributed by atoms with Crippen molar-refractivity contribution in [2.45, 2.75) is 37.8 Å². The number of methoxy groups -OCH3 is 1. The Morgan fingerprint density at radius 1 is 1.42 bits per heavy atom. The van der Waals surface area contributed by atoms with Crippen LogP contribution in [0.15, 0.2) is 23.1 Å². The van der Waals surface area contributed by atoms with Gasteiger partial charge in [0.1, 0.15) is 0 Å². The van der Waals surface area contributed by atoms with Crippen LogP contribution >= 0.6 is 0 Å². The van der Waals surface area contributed by atoms with Crippen molar-refractivity contribution in [3.63, 3.8) is 0 Å². The van der Waals surface area contributed by atoms with E-state index in [9.17, 15) is 8.42 Å². The molecule has 108 valence electrons. The molecule has 0 aliphatic rings. The Labute approximate surface area is 115 Å². The molecule has 0 spiro atoms. The van der Waals surface area contributed by atoms with Gasteiger partial charge in [0.25, 0.3) is 0 Å². The average Bonchev–Trinajstić information content (AvgIpc) is 2.37. The molecular formula is C13H22N2O3S. The molecule has 19 heavy (non-hydrogen) atoms. The summed E-state index contributed by atoms with van der Waals surface area (Å²) < 4.78 is 32.3. The summed E-state index contributed by atoms with van der Waals surface area (Å²) in [6, 6.07) is 4.91. The van der Waals surface area contributed by atoms with E-state index < -0.39 is 10.0 Å². The zero-order chi connectivity index (χ0) is 14.5. The lowest BCUT2D eigenvalue weighted by Crippen LogP contribution is -2.37. The van der Waals surface area contributed by atoms with E-state index in [2.05, 4.69) is 4.72 Å². The summed E-state index contributed by atoms with van der Waals surface area (Å²) >= 11 is 0. The van der Waals surface area contributed by atoms with Crippen molar-refractivity contribution in [2.24, 2.45) is 5.73 Å². The second-order valence-corrected chi connectivity index (χ2v) is 6.17. The zero-order valence-electron chi connectivity index (χ0n) is 11.6. The monoisotopic (exact) mass is 286 g/mol. The van der Waals surface area contributed by atoms with E-state index in [1.165, 1.54) is 0 Å². The van der Waals surface area contributed by atoms with E-state index in [-0.39, 0.29) is 6.04 Å². The Morgan fingerprint density at radius 2 is 2.11 bits per heavy atom. The van der Waals surface area contributed by atoms with Crippen molar-refractivity contribution < 1.29 is 13.2 Å². The van der Waals surface area contributed by atoms with Crippen molar-refractivity contribution in [3.8, 4) is 0 Å². The zero-order valence-corrected chi connectivity index (χ0v) is 12.5. The minimum Gasteiger partial charge on any atom is -0.383 e.